The molecule has 0 amide bonds. The summed E-state index contributed by atoms with van der Waals surface area (Å²) in [6.07, 6.45) is 0.0401. The molecule has 11 heteroatoms. The first kappa shape index (κ1) is 22.0. The van der Waals surface area contributed by atoms with E-state index in [9.17, 15) is 18.3 Å². The van der Waals surface area contributed by atoms with Crippen molar-refractivity contribution < 1.29 is 27.8 Å². The number of phenolic OH excluding ortho intramolecular Hbond substituents is 1. The number of carbonyl (C=O) groups is 1. The minimum Gasteiger partial charge on any atom is -0.508 e. The predicted octanol–water partition coefficient (Wildman–Crippen LogP) is 4.23. The Morgan fingerprint density at radius 3 is 2.35 bits per heavy atom. The monoisotopic (exact) mass is 444 g/mol. The highest BCUT2D eigenvalue weighted by Gasteiger charge is 2.18. The van der Waals surface area contributed by atoms with Crippen LogP contribution < -0.4 is 4.72 Å². The van der Waals surface area contributed by atoms with Crippen LogP contribution in [0.25, 0.3) is 0 Å². The van der Waals surface area contributed by atoms with Gasteiger partial charge in [-0.15, -0.1) is 0 Å². The second-order valence-corrected chi connectivity index (χ2v) is 8.35. The Morgan fingerprint density at radius 2 is 1.74 bits per heavy atom. The normalized spacial score (nSPS) is 11.7. The molecule has 10 nitrogen and oxygen atoms in total. The lowest BCUT2D eigenvalue weighted by atomic mass is 10.1. The third kappa shape index (κ3) is 5.66. The van der Waals surface area contributed by atoms with E-state index in [2.05, 4.69) is 19.9 Å². The molecule has 0 spiro atoms. The molecule has 3 rings (SSSR count). The van der Waals surface area contributed by atoms with Crippen LogP contribution in [0.15, 0.2) is 62.0 Å². The van der Waals surface area contributed by atoms with Gasteiger partial charge in [-0.1, -0.05) is 0 Å². The van der Waals surface area contributed by atoms with E-state index in [1.165, 1.54) is 36.4 Å². The maximum atomic E-state index is 12.5. The van der Waals surface area contributed by atoms with Crippen molar-refractivity contribution in [1.29, 1.82) is 0 Å². The molecule has 0 aliphatic heterocycles. The molecule has 2 aromatic carbocycles. The van der Waals surface area contributed by atoms with Crippen LogP contribution in [0.4, 0.5) is 17.4 Å². The van der Waals surface area contributed by atoms with E-state index in [1.807, 2.05) is 0 Å². The number of sulfonamides is 1. The van der Waals surface area contributed by atoms with Gasteiger partial charge in [0.1, 0.15) is 11.5 Å². The average Bonchev–Trinajstić information content (AvgIpc) is 3.02. The van der Waals surface area contributed by atoms with Gasteiger partial charge in [0.25, 0.3) is 10.0 Å². The van der Waals surface area contributed by atoms with Crippen molar-refractivity contribution >= 4 is 33.4 Å². The van der Waals surface area contributed by atoms with E-state index in [4.69, 9.17) is 9.52 Å². The number of rotatable bonds is 8. The molecule has 0 aliphatic carbocycles. The van der Waals surface area contributed by atoms with Crippen molar-refractivity contribution in [2.24, 2.45) is 10.2 Å². The Bertz CT molecular complexity index is 1210. The van der Waals surface area contributed by atoms with E-state index in [1.54, 1.807) is 19.9 Å². The zero-order valence-corrected chi connectivity index (χ0v) is 17.5. The zero-order chi connectivity index (χ0) is 22.6. The molecule has 3 N–H and O–H groups in total. The Hall–Kier alpha value is -3.73. The van der Waals surface area contributed by atoms with Gasteiger partial charge < -0.3 is 14.6 Å². The first-order valence-corrected chi connectivity index (χ1v) is 10.6. The molecule has 0 fully saturated rings. The molecule has 1 heterocycles. The van der Waals surface area contributed by atoms with E-state index >= 15 is 0 Å². The molecule has 3 aromatic rings. The number of carboxylic acid groups (broad SMARTS) is 1. The predicted molar refractivity (Wildman–Crippen MR) is 111 cm³/mol. The number of carboxylic acids is 1. The lowest BCUT2D eigenvalue weighted by Gasteiger charge is -2.05. The van der Waals surface area contributed by atoms with Crippen LogP contribution in [-0.4, -0.2) is 29.6 Å². The largest absolute Gasteiger partial charge is 0.508 e. The quantitative estimate of drug-likeness (QED) is 0.439. The van der Waals surface area contributed by atoms with Gasteiger partial charge in [-0.05, 0) is 68.3 Å². The van der Waals surface area contributed by atoms with Gasteiger partial charge >= 0.3 is 12.0 Å². The Balaban J connectivity index is 1.72. The van der Waals surface area contributed by atoms with Crippen LogP contribution in [0.3, 0.4) is 0 Å². The highest BCUT2D eigenvalue weighted by atomic mass is 32.2. The SMILES string of the molecule is Cc1nc(NS(=O)(=O)c2ccc(N=Nc3ccc(O)c(CCC(=O)O)c3)cc2)oc1C. The fourth-order valence-corrected chi connectivity index (χ4v) is 3.50. The van der Waals surface area contributed by atoms with E-state index in [0.717, 1.165) is 0 Å². The Morgan fingerprint density at radius 1 is 1.10 bits per heavy atom. The third-order valence-electron chi connectivity index (χ3n) is 4.35. The van der Waals surface area contributed by atoms with Crippen molar-refractivity contribution in [3.8, 4) is 5.75 Å². The van der Waals surface area contributed by atoms with Gasteiger partial charge in [0.05, 0.1) is 22.0 Å². The van der Waals surface area contributed by atoms with Crippen molar-refractivity contribution in [2.75, 3.05) is 4.72 Å². The van der Waals surface area contributed by atoms with Gasteiger partial charge in [0.2, 0.25) is 0 Å². The first-order valence-electron chi connectivity index (χ1n) is 9.16. The van der Waals surface area contributed by atoms with Gasteiger partial charge in [-0.2, -0.15) is 15.2 Å². The number of azo groups is 1. The van der Waals surface area contributed by atoms with Crippen LogP contribution in [-0.2, 0) is 21.2 Å². The van der Waals surface area contributed by atoms with E-state index in [-0.39, 0.29) is 29.5 Å². The molecule has 0 atom stereocenters. The number of phenols is 1. The van der Waals surface area contributed by atoms with Crippen molar-refractivity contribution in [1.82, 2.24) is 4.98 Å². The van der Waals surface area contributed by atoms with Crippen LogP contribution in [0, 0.1) is 13.8 Å². The molecule has 0 aliphatic rings. The number of aliphatic carboxylic acids is 1. The fraction of sp³-hybridized carbons (Fsp3) is 0.200. The number of nitrogens with one attached hydrogen (secondary N) is 1. The number of aryl methyl sites for hydroxylation is 3. The minimum atomic E-state index is -3.88. The van der Waals surface area contributed by atoms with Crippen molar-refractivity contribution in [2.45, 2.75) is 31.6 Å². The van der Waals surface area contributed by atoms with Gasteiger partial charge in [-0.3, -0.25) is 4.79 Å². The molecule has 162 valence electrons. The maximum absolute atomic E-state index is 12.5. The number of aromatic hydroxyl groups is 1. The lowest BCUT2D eigenvalue weighted by Crippen LogP contribution is -2.12. The number of hydrogen-bond donors (Lipinski definition) is 3. The lowest BCUT2D eigenvalue weighted by molar-refractivity contribution is -0.136. The summed E-state index contributed by atoms with van der Waals surface area (Å²) in [5.41, 5.74) is 1.87. The van der Waals surface area contributed by atoms with Crippen LogP contribution in [0.1, 0.15) is 23.4 Å². The summed E-state index contributed by atoms with van der Waals surface area (Å²) in [5.74, 6) is -0.462. The fourth-order valence-electron chi connectivity index (χ4n) is 2.57. The zero-order valence-electron chi connectivity index (χ0n) is 16.7. The third-order valence-corrected chi connectivity index (χ3v) is 5.69. The van der Waals surface area contributed by atoms with Gasteiger partial charge in [0, 0.05) is 6.42 Å². The molecule has 31 heavy (non-hydrogen) atoms. The van der Waals surface area contributed by atoms with Crippen LogP contribution in [0.2, 0.25) is 0 Å². The second kappa shape index (κ2) is 8.96. The van der Waals surface area contributed by atoms with Crippen molar-refractivity contribution in [3.63, 3.8) is 0 Å². The molecule has 0 saturated heterocycles. The van der Waals surface area contributed by atoms with Gasteiger partial charge in [-0.25, -0.2) is 13.1 Å². The smallest absolute Gasteiger partial charge is 0.309 e. The summed E-state index contributed by atoms with van der Waals surface area (Å²) in [4.78, 5) is 14.7. The van der Waals surface area contributed by atoms with Crippen molar-refractivity contribution in [3.05, 3.63) is 59.5 Å². The number of oxazole rings is 1. The molecule has 0 radical (unpaired) electrons. The Labute approximate surface area is 178 Å². The topological polar surface area (TPSA) is 154 Å². The molecule has 0 unspecified atom stereocenters. The molecule has 0 bridgehead atoms. The number of benzene rings is 2. The summed E-state index contributed by atoms with van der Waals surface area (Å²) in [6, 6.07) is 10.1. The second-order valence-electron chi connectivity index (χ2n) is 6.67. The van der Waals surface area contributed by atoms with Crippen LogP contribution >= 0.6 is 0 Å². The average molecular weight is 444 g/mol. The highest BCUT2D eigenvalue weighted by Crippen LogP contribution is 2.27. The van der Waals surface area contributed by atoms with Gasteiger partial charge in [0.15, 0.2) is 0 Å². The highest BCUT2D eigenvalue weighted by molar-refractivity contribution is 7.92. The van der Waals surface area contributed by atoms with E-state index in [0.29, 0.717) is 28.4 Å². The molecule has 1 aromatic heterocycles. The summed E-state index contributed by atoms with van der Waals surface area (Å²) in [6.45, 7) is 3.39. The number of hydrogen-bond acceptors (Lipinski definition) is 8. The van der Waals surface area contributed by atoms with E-state index < -0.39 is 16.0 Å². The number of aromatic nitrogens is 1. The first-order chi connectivity index (χ1) is 14.6. The standard InChI is InChI=1S/C20H20N4O6S/c1-12-13(2)30-20(21-12)24-31(28,29)17-7-4-15(5-8-17)22-23-16-6-9-18(25)14(11-16)3-10-19(26)27/h4-9,11,25H,3,10H2,1-2H3,(H,21,24)(H,26,27). The summed E-state index contributed by atoms with van der Waals surface area (Å²) in [7, 11) is -3.88. The van der Waals surface area contributed by atoms with Crippen LogP contribution in [0.5, 0.6) is 5.75 Å². The maximum Gasteiger partial charge on any atom is 0.309 e. The molecular weight excluding hydrogens is 424 g/mol. The summed E-state index contributed by atoms with van der Waals surface area (Å²) in [5, 5.41) is 26.7. The summed E-state index contributed by atoms with van der Waals surface area (Å²) >= 11 is 0. The number of anilines is 1. The summed E-state index contributed by atoms with van der Waals surface area (Å²) < 4.78 is 32.4. The molecule has 0 saturated carbocycles. The number of nitrogens with zero attached hydrogens (tertiary/aromatic N) is 3. The Kier molecular flexibility index (Phi) is 6.35. The molecular formula is C20H20N4O6S. The minimum absolute atomic E-state index is 0.000506.